The number of alkyl halides is 2. The molecule has 0 aromatic heterocycles. The number of likely N-dealkylation sites (N-methyl/N-ethyl adjacent to an activating group) is 1. The van der Waals surface area contributed by atoms with E-state index in [0.29, 0.717) is 40.4 Å². The van der Waals surface area contributed by atoms with Crippen molar-refractivity contribution in [2.75, 3.05) is 33.1 Å². The Morgan fingerprint density at radius 1 is 1.14 bits per heavy atom. The number of nitrogens with zero attached hydrogens (tertiary/aromatic N) is 1. The predicted octanol–water partition coefficient (Wildman–Crippen LogP) is 4.40. The fourth-order valence-corrected chi connectivity index (χ4v) is 3.20. The van der Waals surface area contributed by atoms with Crippen molar-refractivity contribution in [2.45, 2.75) is 24.1 Å². The number of rotatable bonds is 9. The lowest BCUT2D eigenvalue weighted by Gasteiger charge is -2.19. The van der Waals surface area contributed by atoms with Crippen molar-refractivity contribution in [3.63, 3.8) is 0 Å². The first-order valence-electron chi connectivity index (χ1n) is 8.57. The molecule has 2 aromatic carbocycles. The van der Waals surface area contributed by atoms with Gasteiger partial charge in [0.15, 0.2) is 11.5 Å². The summed E-state index contributed by atoms with van der Waals surface area (Å²) in [6.07, 6.45) is 0. The molecule has 1 amide bonds. The summed E-state index contributed by atoms with van der Waals surface area (Å²) in [5.41, 5.74) is 2.64. The third-order valence-electron chi connectivity index (χ3n) is 4.06. The number of halogens is 2. The maximum atomic E-state index is 12.3. The van der Waals surface area contributed by atoms with E-state index < -0.39 is 5.76 Å². The molecule has 0 unspecified atom stereocenters. The quantitative estimate of drug-likeness (QED) is 0.621. The molecule has 28 heavy (non-hydrogen) atoms. The third kappa shape index (κ3) is 6.38. The van der Waals surface area contributed by atoms with Crippen LogP contribution >= 0.6 is 11.8 Å². The van der Waals surface area contributed by atoms with E-state index in [-0.39, 0.29) is 12.5 Å². The average Bonchev–Trinajstić information content (AvgIpc) is 2.64. The molecule has 0 aliphatic rings. The third-order valence-corrected chi connectivity index (χ3v) is 4.78. The molecule has 0 bridgehead atoms. The van der Waals surface area contributed by atoms with Crippen molar-refractivity contribution in [1.82, 2.24) is 4.90 Å². The molecular formula is C20H24F2N2O3S. The molecule has 1 N–H and O–H groups in total. The van der Waals surface area contributed by atoms with E-state index in [4.69, 9.17) is 9.47 Å². The fraction of sp³-hybridized carbons (Fsp3) is 0.350. The molecule has 152 valence electrons. The van der Waals surface area contributed by atoms with Crippen molar-refractivity contribution in [1.29, 1.82) is 0 Å². The normalized spacial score (nSPS) is 11.0. The minimum absolute atomic E-state index is 0.182. The SMILES string of the molecule is COc1cc(C)c(CN(C)CC(=O)Nc2ccc(SC(F)F)cc2)cc1OC. The molecule has 0 heterocycles. The van der Waals surface area contributed by atoms with Gasteiger partial charge in [-0.1, -0.05) is 11.8 Å². The summed E-state index contributed by atoms with van der Waals surface area (Å²) in [7, 11) is 5.02. The van der Waals surface area contributed by atoms with Crippen LogP contribution in [0.15, 0.2) is 41.3 Å². The Kier molecular flexibility index (Phi) is 8.07. The summed E-state index contributed by atoms with van der Waals surface area (Å²) in [6.45, 7) is 2.72. The standard InChI is InChI=1S/C20H24F2N2O3S/c1-13-9-17(26-3)18(27-4)10-14(13)11-24(2)12-19(25)23-15-5-7-16(8-6-15)28-20(21)22/h5-10,20H,11-12H2,1-4H3,(H,23,25). The molecule has 0 fully saturated rings. The van der Waals surface area contributed by atoms with Crippen LogP contribution < -0.4 is 14.8 Å². The van der Waals surface area contributed by atoms with Gasteiger partial charge in [0.1, 0.15) is 0 Å². The number of nitrogens with one attached hydrogen (secondary N) is 1. The van der Waals surface area contributed by atoms with Crippen LogP contribution in [0.2, 0.25) is 0 Å². The fourth-order valence-electron chi connectivity index (χ4n) is 2.71. The number of hydrogen-bond donors (Lipinski definition) is 1. The molecular weight excluding hydrogens is 386 g/mol. The van der Waals surface area contributed by atoms with E-state index in [2.05, 4.69) is 5.32 Å². The van der Waals surface area contributed by atoms with Crippen molar-refractivity contribution in [3.8, 4) is 11.5 Å². The van der Waals surface area contributed by atoms with E-state index >= 15 is 0 Å². The van der Waals surface area contributed by atoms with E-state index in [9.17, 15) is 13.6 Å². The highest BCUT2D eigenvalue weighted by Gasteiger charge is 2.13. The van der Waals surface area contributed by atoms with Gasteiger partial charge in [-0.3, -0.25) is 9.69 Å². The number of ether oxygens (including phenoxy) is 2. The number of methoxy groups -OCH3 is 2. The highest BCUT2D eigenvalue weighted by Crippen LogP contribution is 2.30. The van der Waals surface area contributed by atoms with Gasteiger partial charge < -0.3 is 14.8 Å². The second-order valence-corrected chi connectivity index (χ2v) is 7.32. The molecule has 0 radical (unpaired) electrons. The van der Waals surface area contributed by atoms with Gasteiger partial charge in [-0.25, -0.2) is 0 Å². The minimum atomic E-state index is -2.46. The number of amides is 1. The van der Waals surface area contributed by atoms with Crippen LogP contribution in [0.1, 0.15) is 11.1 Å². The number of carbonyl (C=O) groups excluding carboxylic acids is 1. The van der Waals surface area contributed by atoms with Crippen LogP contribution in [0.4, 0.5) is 14.5 Å². The predicted molar refractivity (Wildman–Crippen MR) is 108 cm³/mol. The van der Waals surface area contributed by atoms with E-state index in [1.807, 2.05) is 31.0 Å². The highest BCUT2D eigenvalue weighted by molar-refractivity contribution is 7.99. The summed E-state index contributed by atoms with van der Waals surface area (Å²) in [5, 5.41) is 2.77. The average molecular weight is 410 g/mol. The van der Waals surface area contributed by atoms with Crippen molar-refractivity contribution >= 4 is 23.4 Å². The summed E-state index contributed by atoms with van der Waals surface area (Å²) < 4.78 is 35.3. The number of thioether (sulfide) groups is 1. The number of hydrogen-bond acceptors (Lipinski definition) is 5. The first-order valence-corrected chi connectivity index (χ1v) is 9.45. The van der Waals surface area contributed by atoms with Gasteiger partial charge in [0, 0.05) is 17.1 Å². The van der Waals surface area contributed by atoms with Crippen molar-refractivity contribution in [3.05, 3.63) is 47.5 Å². The number of benzene rings is 2. The van der Waals surface area contributed by atoms with Gasteiger partial charge in [0.2, 0.25) is 5.91 Å². The van der Waals surface area contributed by atoms with Crippen molar-refractivity contribution < 1.29 is 23.0 Å². The lowest BCUT2D eigenvalue weighted by atomic mass is 10.1. The lowest BCUT2D eigenvalue weighted by Crippen LogP contribution is -2.30. The Morgan fingerprint density at radius 3 is 2.32 bits per heavy atom. The zero-order chi connectivity index (χ0) is 20.7. The van der Waals surface area contributed by atoms with Crippen LogP contribution in [0.25, 0.3) is 0 Å². The Labute approximate surface area is 168 Å². The smallest absolute Gasteiger partial charge is 0.288 e. The lowest BCUT2D eigenvalue weighted by molar-refractivity contribution is -0.117. The van der Waals surface area contributed by atoms with Crippen LogP contribution in [0.5, 0.6) is 11.5 Å². The zero-order valence-corrected chi connectivity index (χ0v) is 17.1. The number of anilines is 1. The highest BCUT2D eigenvalue weighted by atomic mass is 32.2. The molecule has 0 saturated heterocycles. The Morgan fingerprint density at radius 2 is 1.75 bits per heavy atom. The Hall–Kier alpha value is -2.32. The van der Waals surface area contributed by atoms with Crippen molar-refractivity contribution in [2.24, 2.45) is 0 Å². The first-order chi connectivity index (χ1) is 13.3. The van der Waals surface area contributed by atoms with E-state index in [1.165, 1.54) is 0 Å². The van der Waals surface area contributed by atoms with Gasteiger partial charge in [0.05, 0.1) is 20.8 Å². The second kappa shape index (κ2) is 10.3. The molecule has 0 aliphatic heterocycles. The van der Waals surface area contributed by atoms with Crippen LogP contribution in [-0.4, -0.2) is 44.4 Å². The molecule has 2 rings (SSSR count). The largest absolute Gasteiger partial charge is 0.493 e. The van der Waals surface area contributed by atoms with Gasteiger partial charge in [-0.15, -0.1) is 0 Å². The number of aryl methyl sites for hydroxylation is 1. The van der Waals surface area contributed by atoms with E-state index in [1.54, 1.807) is 38.5 Å². The van der Waals surface area contributed by atoms with Gasteiger partial charge >= 0.3 is 0 Å². The maximum Gasteiger partial charge on any atom is 0.288 e. The zero-order valence-electron chi connectivity index (χ0n) is 16.3. The van der Waals surface area contributed by atoms with E-state index in [0.717, 1.165) is 11.1 Å². The van der Waals surface area contributed by atoms with Crippen LogP contribution in [0.3, 0.4) is 0 Å². The summed E-state index contributed by atoms with van der Waals surface area (Å²) >= 11 is 0.471. The second-order valence-electron chi connectivity index (χ2n) is 6.26. The molecule has 0 saturated carbocycles. The molecule has 0 atom stereocenters. The van der Waals surface area contributed by atoms with Gasteiger partial charge in [0.25, 0.3) is 5.76 Å². The first kappa shape index (κ1) is 22.0. The molecule has 0 aliphatic carbocycles. The van der Waals surface area contributed by atoms with Gasteiger partial charge in [-0.2, -0.15) is 8.78 Å². The topological polar surface area (TPSA) is 50.8 Å². The molecule has 5 nitrogen and oxygen atoms in total. The summed E-state index contributed by atoms with van der Waals surface area (Å²) in [5.74, 6) is -1.34. The maximum absolute atomic E-state index is 12.3. The summed E-state index contributed by atoms with van der Waals surface area (Å²) in [6, 6.07) is 10.2. The molecule has 8 heteroatoms. The molecule has 0 spiro atoms. The number of carbonyl (C=O) groups is 1. The molecule has 2 aromatic rings. The Balaban J connectivity index is 1.94. The Bertz CT molecular complexity index is 801. The monoisotopic (exact) mass is 410 g/mol. The minimum Gasteiger partial charge on any atom is -0.493 e. The summed E-state index contributed by atoms with van der Waals surface area (Å²) in [4.78, 5) is 14.6. The van der Waals surface area contributed by atoms with Crippen LogP contribution in [0, 0.1) is 6.92 Å². The van der Waals surface area contributed by atoms with Gasteiger partial charge in [-0.05, 0) is 61.5 Å². The van der Waals surface area contributed by atoms with Crippen LogP contribution in [-0.2, 0) is 11.3 Å².